The number of anilines is 1. The number of nitrogens with zero attached hydrogens (tertiary/aromatic N) is 2. The van der Waals surface area contributed by atoms with Crippen molar-refractivity contribution < 1.29 is 4.57 Å². The Morgan fingerprint density at radius 2 is 1.54 bits per heavy atom. The molecule has 0 saturated heterocycles. The van der Waals surface area contributed by atoms with Crippen molar-refractivity contribution in [3.05, 3.63) is 60.2 Å². The number of aryl methyl sites for hydroxylation is 1. The van der Waals surface area contributed by atoms with Gasteiger partial charge in [-0.15, -0.1) is 0 Å². The van der Waals surface area contributed by atoms with Crippen LogP contribution in [0.5, 0.6) is 0 Å². The van der Waals surface area contributed by atoms with Gasteiger partial charge in [-0.1, -0.05) is 55.3 Å². The van der Waals surface area contributed by atoms with Crippen molar-refractivity contribution in [1.82, 2.24) is 4.57 Å². The van der Waals surface area contributed by atoms with Crippen LogP contribution in [0.2, 0.25) is 0 Å². The van der Waals surface area contributed by atoms with Gasteiger partial charge in [0.25, 0.3) is 0 Å². The Hall–Kier alpha value is -2.33. The molecule has 2 aromatic carbocycles. The van der Waals surface area contributed by atoms with Crippen molar-refractivity contribution in [2.45, 2.75) is 38.8 Å². The Bertz CT molecular complexity index is 777. The molecule has 0 spiro atoms. The zero-order chi connectivity index (χ0) is 16.8. The first kappa shape index (κ1) is 16.5. The summed E-state index contributed by atoms with van der Waals surface area (Å²) in [7, 11) is 0. The summed E-state index contributed by atoms with van der Waals surface area (Å²) in [5.41, 5.74) is 15.8. The lowest BCUT2D eigenvalue weighted by Crippen LogP contribution is -2.37. The molecular weight excluding hydrogens is 296 g/mol. The highest BCUT2D eigenvalue weighted by atomic mass is 15.2. The first-order valence-electron chi connectivity index (χ1n) is 8.82. The molecular formula is C20H27N4+. The molecule has 0 bridgehead atoms. The number of para-hydroxylation sites is 2. The van der Waals surface area contributed by atoms with E-state index in [4.69, 9.17) is 11.5 Å². The maximum atomic E-state index is 6.51. The molecule has 0 radical (unpaired) electrons. The highest BCUT2D eigenvalue weighted by molar-refractivity contribution is 5.73. The highest BCUT2D eigenvalue weighted by Crippen LogP contribution is 2.18. The maximum Gasteiger partial charge on any atom is 0.356 e. The topological polar surface area (TPSA) is 60.9 Å². The van der Waals surface area contributed by atoms with Crippen molar-refractivity contribution in [2.75, 3.05) is 12.3 Å². The number of fused-ring (bicyclic) bond motifs is 1. The van der Waals surface area contributed by atoms with Gasteiger partial charge in [0, 0.05) is 0 Å². The maximum absolute atomic E-state index is 6.51. The summed E-state index contributed by atoms with van der Waals surface area (Å²) in [5.74, 6) is 0.832. The van der Waals surface area contributed by atoms with Crippen molar-refractivity contribution in [2.24, 2.45) is 5.73 Å². The molecule has 0 aliphatic carbocycles. The Morgan fingerprint density at radius 1 is 0.833 bits per heavy atom. The quantitative estimate of drug-likeness (QED) is 0.494. The van der Waals surface area contributed by atoms with E-state index in [1.807, 2.05) is 6.07 Å². The zero-order valence-corrected chi connectivity index (χ0v) is 14.2. The number of nitrogens with two attached hydrogens (primary N) is 2. The van der Waals surface area contributed by atoms with Crippen LogP contribution in [-0.2, 0) is 13.1 Å². The molecule has 126 valence electrons. The molecule has 1 aromatic heterocycles. The van der Waals surface area contributed by atoms with E-state index in [2.05, 4.69) is 57.7 Å². The Balaban J connectivity index is 1.85. The number of aromatic nitrogens is 2. The van der Waals surface area contributed by atoms with Crippen LogP contribution in [0.3, 0.4) is 0 Å². The average Bonchev–Trinajstić information content (AvgIpc) is 2.88. The molecule has 3 rings (SSSR count). The SMILES string of the molecule is NCCCCCCn1c(N)[n+](Cc2ccccc2)c2ccccc21. The van der Waals surface area contributed by atoms with Crippen LogP contribution >= 0.6 is 0 Å². The Labute approximate surface area is 143 Å². The normalized spacial score (nSPS) is 11.2. The summed E-state index contributed by atoms with van der Waals surface area (Å²) in [6.45, 7) is 2.54. The van der Waals surface area contributed by atoms with Crippen LogP contribution in [0.25, 0.3) is 11.0 Å². The summed E-state index contributed by atoms with van der Waals surface area (Å²) >= 11 is 0. The fourth-order valence-corrected chi connectivity index (χ4v) is 3.25. The molecule has 3 aromatic rings. The number of hydrogen-bond donors (Lipinski definition) is 2. The molecule has 4 N–H and O–H groups in total. The van der Waals surface area contributed by atoms with E-state index >= 15 is 0 Å². The van der Waals surface area contributed by atoms with Crippen LogP contribution in [0.4, 0.5) is 5.95 Å². The third kappa shape index (κ3) is 3.60. The van der Waals surface area contributed by atoms with Gasteiger partial charge in [0.05, 0.1) is 13.1 Å². The first-order chi connectivity index (χ1) is 11.8. The van der Waals surface area contributed by atoms with Crippen LogP contribution in [0.15, 0.2) is 54.6 Å². The fourth-order valence-electron chi connectivity index (χ4n) is 3.25. The van der Waals surface area contributed by atoms with E-state index in [1.54, 1.807) is 0 Å². The third-order valence-electron chi connectivity index (χ3n) is 4.54. The minimum absolute atomic E-state index is 0.783. The smallest absolute Gasteiger partial charge is 0.330 e. The van der Waals surface area contributed by atoms with Crippen LogP contribution in [0.1, 0.15) is 31.2 Å². The summed E-state index contributed by atoms with van der Waals surface area (Å²) in [4.78, 5) is 0. The van der Waals surface area contributed by atoms with Crippen molar-refractivity contribution in [3.8, 4) is 0 Å². The molecule has 0 fully saturated rings. The predicted octanol–water partition coefficient (Wildman–Crippen LogP) is 3.08. The van der Waals surface area contributed by atoms with E-state index < -0.39 is 0 Å². The van der Waals surface area contributed by atoms with Crippen molar-refractivity contribution in [1.29, 1.82) is 0 Å². The van der Waals surface area contributed by atoms with E-state index in [0.717, 1.165) is 38.4 Å². The van der Waals surface area contributed by atoms with Crippen molar-refractivity contribution in [3.63, 3.8) is 0 Å². The van der Waals surface area contributed by atoms with Crippen LogP contribution in [-0.4, -0.2) is 11.1 Å². The number of benzene rings is 2. The minimum atomic E-state index is 0.783. The molecule has 4 nitrogen and oxygen atoms in total. The van der Waals surface area contributed by atoms with Gasteiger partial charge in [-0.05, 0) is 37.1 Å². The van der Waals surface area contributed by atoms with Gasteiger partial charge >= 0.3 is 5.95 Å². The third-order valence-corrected chi connectivity index (χ3v) is 4.54. The lowest BCUT2D eigenvalue weighted by Gasteiger charge is -2.03. The average molecular weight is 323 g/mol. The van der Waals surface area contributed by atoms with Gasteiger partial charge in [-0.25, -0.2) is 9.13 Å². The highest BCUT2D eigenvalue weighted by Gasteiger charge is 2.20. The molecule has 0 amide bonds. The fraction of sp³-hybridized carbons (Fsp3) is 0.350. The number of nitrogen functional groups attached to an aromatic ring is 1. The summed E-state index contributed by atoms with van der Waals surface area (Å²) in [5, 5.41) is 0. The molecule has 0 saturated carbocycles. The second-order valence-corrected chi connectivity index (χ2v) is 6.27. The number of unbranched alkanes of at least 4 members (excludes halogenated alkanes) is 3. The van der Waals surface area contributed by atoms with Gasteiger partial charge in [0.2, 0.25) is 0 Å². The second-order valence-electron chi connectivity index (χ2n) is 6.27. The predicted molar refractivity (Wildman–Crippen MR) is 99.6 cm³/mol. The molecule has 0 aliphatic heterocycles. The van der Waals surface area contributed by atoms with E-state index in [0.29, 0.717) is 0 Å². The Kier molecular flexibility index (Phi) is 5.49. The van der Waals surface area contributed by atoms with Gasteiger partial charge in [0.15, 0.2) is 0 Å². The summed E-state index contributed by atoms with van der Waals surface area (Å²) in [6.07, 6.45) is 4.63. The van der Waals surface area contributed by atoms with Crippen molar-refractivity contribution >= 4 is 17.0 Å². The molecule has 0 unspecified atom stereocenters. The number of hydrogen-bond acceptors (Lipinski definition) is 2. The second kappa shape index (κ2) is 7.97. The molecule has 4 heteroatoms. The monoisotopic (exact) mass is 323 g/mol. The van der Waals surface area contributed by atoms with Crippen LogP contribution < -0.4 is 16.0 Å². The zero-order valence-electron chi connectivity index (χ0n) is 14.2. The van der Waals surface area contributed by atoms with E-state index in [-0.39, 0.29) is 0 Å². The van der Waals surface area contributed by atoms with Crippen LogP contribution in [0, 0.1) is 0 Å². The lowest BCUT2D eigenvalue weighted by molar-refractivity contribution is -0.648. The largest absolute Gasteiger partial charge is 0.356 e. The molecule has 0 atom stereocenters. The molecule has 24 heavy (non-hydrogen) atoms. The summed E-state index contributed by atoms with van der Waals surface area (Å²) in [6, 6.07) is 18.9. The molecule has 0 aliphatic rings. The van der Waals surface area contributed by atoms with Gasteiger partial charge in [0.1, 0.15) is 11.0 Å². The summed E-state index contributed by atoms with van der Waals surface area (Å²) < 4.78 is 4.46. The van der Waals surface area contributed by atoms with E-state index in [9.17, 15) is 0 Å². The number of imidazole rings is 1. The van der Waals surface area contributed by atoms with Gasteiger partial charge < -0.3 is 5.73 Å². The van der Waals surface area contributed by atoms with Gasteiger partial charge in [-0.3, -0.25) is 5.73 Å². The first-order valence-corrected chi connectivity index (χ1v) is 8.82. The van der Waals surface area contributed by atoms with E-state index in [1.165, 1.54) is 29.4 Å². The standard InChI is InChI=1S/C20H26N4/c21-14-8-1-2-9-15-23-18-12-6-7-13-19(18)24(20(23)22)16-17-10-4-3-5-11-17/h3-7,10-13,22H,1-2,8-9,14-16,21H2/p+1. The lowest BCUT2D eigenvalue weighted by atomic mass is 10.2. The van der Waals surface area contributed by atoms with Gasteiger partial charge in [-0.2, -0.15) is 0 Å². The Morgan fingerprint density at radius 3 is 2.33 bits per heavy atom. The molecule has 1 heterocycles. The minimum Gasteiger partial charge on any atom is -0.330 e. The number of rotatable bonds is 8.